The monoisotopic (exact) mass is 331 g/mol. The fraction of sp³-hybridized carbons (Fsp3) is 0.500. The number of carbonyl (C=O) groups is 1. The van der Waals surface area contributed by atoms with E-state index in [2.05, 4.69) is 10.1 Å². The molecule has 0 aliphatic heterocycles. The zero-order valence-corrected chi connectivity index (χ0v) is 13.3. The summed E-state index contributed by atoms with van der Waals surface area (Å²) >= 11 is 0. The predicted octanol–water partition coefficient (Wildman–Crippen LogP) is 3.10. The summed E-state index contributed by atoms with van der Waals surface area (Å²) in [5, 5.41) is 3.94. The smallest absolute Gasteiger partial charge is 0.430 e. The van der Waals surface area contributed by atoms with Gasteiger partial charge in [-0.05, 0) is 20.8 Å². The number of aryl methyl sites for hydroxylation is 4. The molecule has 0 aliphatic rings. The Balaban J connectivity index is 2.41. The Morgan fingerprint density at radius 1 is 1.22 bits per heavy atom. The molecule has 23 heavy (non-hydrogen) atoms. The van der Waals surface area contributed by atoms with Crippen molar-refractivity contribution in [3.05, 3.63) is 34.3 Å². The summed E-state index contributed by atoms with van der Waals surface area (Å²) < 4.78 is 51.2. The minimum absolute atomic E-state index is 0.144. The molecule has 0 fully saturated rings. The standard InChI is InChI=1S/C14H16F3N3O3/c1-6-10(8(3)20(5)19-6)12(14(15,16)17)23-13(21)11-7(2)18-9(4)22-11/h12H,1-5H3/t12-/m0/s1. The van der Waals surface area contributed by atoms with Crippen LogP contribution in [0.4, 0.5) is 13.2 Å². The van der Waals surface area contributed by atoms with Gasteiger partial charge in [0.05, 0.1) is 11.4 Å². The maximum Gasteiger partial charge on any atom is 0.430 e. The largest absolute Gasteiger partial charge is 0.442 e. The van der Waals surface area contributed by atoms with Crippen LogP contribution in [0, 0.1) is 27.7 Å². The van der Waals surface area contributed by atoms with E-state index in [1.807, 2.05) is 0 Å². The summed E-state index contributed by atoms with van der Waals surface area (Å²) in [5.74, 6) is -1.38. The lowest BCUT2D eigenvalue weighted by Gasteiger charge is -2.21. The van der Waals surface area contributed by atoms with Crippen LogP contribution in [0.2, 0.25) is 0 Å². The number of hydrogen-bond acceptors (Lipinski definition) is 5. The molecule has 9 heteroatoms. The number of ether oxygens (including phenoxy) is 1. The van der Waals surface area contributed by atoms with E-state index in [1.54, 1.807) is 0 Å². The normalized spacial score (nSPS) is 13.2. The molecular weight excluding hydrogens is 315 g/mol. The summed E-state index contributed by atoms with van der Waals surface area (Å²) in [6, 6.07) is 0. The van der Waals surface area contributed by atoms with Crippen molar-refractivity contribution in [2.24, 2.45) is 7.05 Å². The van der Waals surface area contributed by atoms with Crippen LogP contribution in [-0.2, 0) is 11.8 Å². The third-order valence-electron chi connectivity index (χ3n) is 3.44. The summed E-state index contributed by atoms with van der Waals surface area (Å²) in [7, 11) is 1.52. The molecule has 0 saturated heterocycles. The third kappa shape index (κ3) is 3.22. The first-order valence-electron chi connectivity index (χ1n) is 6.74. The number of alkyl halides is 3. The maximum absolute atomic E-state index is 13.4. The van der Waals surface area contributed by atoms with E-state index >= 15 is 0 Å². The van der Waals surface area contributed by atoms with Gasteiger partial charge in [0.25, 0.3) is 0 Å². The minimum atomic E-state index is -4.78. The van der Waals surface area contributed by atoms with Gasteiger partial charge in [0.2, 0.25) is 11.9 Å². The molecule has 126 valence electrons. The lowest BCUT2D eigenvalue weighted by Crippen LogP contribution is -2.27. The molecule has 2 rings (SSSR count). The predicted molar refractivity (Wildman–Crippen MR) is 72.9 cm³/mol. The second-order valence-corrected chi connectivity index (χ2v) is 5.18. The van der Waals surface area contributed by atoms with E-state index in [0.717, 1.165) is 0 Å². The molecule has 1 atom stereocenters. The molecule has 2 heterocycles. The van der Waals surface area contributed by atoms with E-state index in [0.29, 0.717) is 0 Å². The van der Waals surface area contributed by atoms with E-state index in [9.17, 15) is 18.0 Å². The highest BCUT2D eigenvalue weighted by atomic mass is 19.4. The highest BCUT2D eigenvalue weighted by molar-refractivity contribution is 5.87. The fourth-order valence-electron chi connectivity index (χ4n) is 2.34. The molecule has 2 aromatic heterocycles. The lowest BCUT2D eigenvalue weighted by molar-refractivity contribution is -0.208. The van der Waals surface area contributed by atoms with Crippen LogP contribution >= 0.6 is 0 Å². The minimum Gasteiger partial charge on any atom is -0.442 e. The molecule has 2 aromatic rings. The number of rotatable bonds is 3. The fourth-order valence-corrected chi connectivity index (χ4v) is 2.34. The Kier molecular flexibility index (Phi) is 4.23. The van der Waals surface area contributed by atoms with Crippen molar-refractivity contribution in [3.63, 3.8) is 0 Å². The highest BCUT2D eigenvalue weighted by Gasteiger charge is 2.47. The average molecular weight is 331 g/mol. The van der Waals surface area contributed by atoms with Crippen molar-refractivity contribution >= 4 is 5.97 Å². The quantitative estimate of drug-likeness (QED) is 0.808. The van der Waals surface area contributed by atoms with E-state index in [-0.39, 0.29) is 34.3 Å². The summed E-state index contributed by atoms with van der Waals surface area (Å²) in [5.41, 5.74) is 0.406. The average Bonchev–Trinajstić information content (AvgIpc) is 2.86. The molecule has 6 nitrogen and oxygen atoms in total. The first-order chi connectivity index (χ1) is 10.5. The van der Waals surface area contributed by atoms with Crippen molar-refractivity contribution in [2.45, 2.75) is 40.0 Å². The molecule has 0 N–H and O–H groups in total. The van der Waals surface area contributed by atoms with Crippen LogP contribution in [0.15, 0.2) is 4.42 Å². The number of aromatic nitrogens is 3. The number of nitrogens with zero attached hydrogens (tertiary/aromatic N) is 3. The molecular formula is C14H16F3N3O3. The van der Waals surface area contributed by atoms with Crippen molar-refractivity contribution in [1.82, 2.24) is 14.8 Å². The highest BCUT2D eigenvalue weighted by Crippen LogP contribution is 2.39. The van der Waals surface area contributed by atoms with Gasteiger partial charge >= 0.3 is 12.1 Å². The number of carbonyl (C=O) groups excluding carboxylic acids is 1. The number of esters is 1. The molecule has 0 aromatic carbocycles. The number of halogens is 3. The van der Waals surface area contributed by atoms with Gasteiger partial charge in [0, 0.05) is 25.2 Å². The van der Waals surface area contributed by atoms with Gasteiger partial charge in [0.15, 0.2) is 5.89 Å². The van der Waals surface area contributed by atoms with E-state index < -0.39 is 18.2 Å². The first-order valence-corrected chi connectivity index (χ1v) is 6.74. The second-order valence-electron chi connectivity index (χ2n) is 5.18. The van der Waals surface area contributed by atoms with Gasteiger partial charge in [-0.1, -0.05) is 0 Å². The molecule has 0 bridgehead atoms. The molecule has 0 amide bonds. The van der Waals surface area contributed by atoms with Crippen LogP contribution in [0.5, 0.6) is 0 Å². The Morgan fingerprint density at radius 2 is 1.83 bits per heavy atom. The lowest BCUT2D eigenvalue weighted by atomic mass is 10.1. The summed E-state index contributed by atoms with van der Waals surface area (Å²) in [6.45, 7) is 5.85. The van der Waals surface area contributed by atoms with Gasteiger partial charge < -0.3 is 9.15 Å². The summed E-state index contributed by atoms with van der Waals surface area (Å²) in [4.78, 5) is 15.9. The Bertz CT molecular complexity index is 747. The van der Waals surface area contributed by atoms with Gasteiger partial charge in [0.1, 0.15) is 0 Å². The molecule has 0 aliphatic carbocycles. The SMILES string of the molecule is Cc1nc(C)c(C(=O)O[C@@H](c2c(C)nn(C)c2C)C(F)(F)F)o1. The topological polar surface area (TPSA) is 70.2 Å². The Labute approximate surface area is 130 Å². The first kappa shape index (κ1) is 17.0. The van der Waals surface area contributed by atoms with Gasteiger partial charge in [-0.2, -0.15) is 18.3 Å². The van der Waals surface area contributed by atoms with Crippen LogP contribution in [0.25, 0.3) is 0 Å². The van der Waals surface area contributed by atoms with Crippen molar-refractivity contribution in [1.29, 1.82) is 0 Å². The number of hydrogen-bond donors (Lipinski definition) is 0. The third-order valence-corrected chi connectivity index (χ3v) is 3.44. The number of oxazole rings is 1. The zero-order valence-electron chi connectivity index (χ0n) is 13.3. The molecule has 0 radical (unpaired) electrons. The Hall–Kier alpha value is -2.32. The van der Waals surface area contributed by atoms with Crippen molar-refractivity contribution < 1.29 is 27.1 Å². The molecule has 0 saturated carbocycles. The summed E-state index contributed by atoms with van der Waals surface area (Å²) in [6.07, 6.45) is -7.20. The maximum atomic E-state index is 13.4. The van der Waals surface area contributed by atoms with Gasteiger partial charge in [-0.25, -0.2) is 9.78 Å². The molecule has 0 spiro atoms. The van der Waals surface area contributed by atoms with Gasteiger partial charge in [-0.3, -0.25) is 4.68 Å². The van der Waals surface area contributed by atoms with E-state index in [1.165, 1.54) is 39.4 Å². The second kappa shape index (κ2) is 5.71. The van der Waals surface area contributed by atoms with Crippen molar-refractivity contribution in [2.75, 3.05) is 0 Å². The van der Waals surface area contributed by atoms with E-state index in [4.69, 9.17) is 9.15 Å². The van der Waals surface area contributed by atoms with Gasteiger partial charge in [-0.15, -0.1) is 0 Å². The van der Waals surface area contributed by atoms with Crippen molar-refractivity contribution in [3.8, 4) is 0 Å². The van der Waals surface area contributed by atoms with Crippen LogP contribution < -0.4 is 0 Å². The van der Waals surface area contributed by atoms with Crippen LogP contribution in [-0.4, -0.2) is 26.9 Å². The Morgan fingerprint density at radius 3 is 2.22 bits per heavy atom. The van der Waals surface area contributed by atoms with Crippen LogP contribution in [0.1, 0.15) is 45.2 Å². The zero-order chi connectivity index (χ0) is 17.5. The molecule has 0 unspecified atom stereocenters. The van der Waals surface area contributed by atoms with Crippen LogP contribution in [0.3, 0.4) is 0 Å².